The summed E-state index contributed by atoms with van der Waals surface area (Å²) in [6.07, 6.45) is 11.3. The van der Waals surface area contributed by atoms with Crippen LogP contribution in [0.1, 0.15) is 99.8 Å². The summed E-state index contributed by atoms with van der Waals surface area (Å²) in [6.45, 7) is 15.5. The Bertz CT molecular complexity index is 928. The van der Waals surface area contributed by atoms with Crippen LogP contribution in [-0.4, -0.2) is 28.1 Å². The van der Waals surface area contributed by atoms with Crippen LogP contribution in [0.5, 0.6) is 0 Å². The summed E-state index contributed by atoms with van der Waals surface area (Å²) in [5, 5.41) is 20.9. The summed E-state index contributed by atoms with van der Waals surface area (Å²) in [5.74, 6) is 0.979. The number of aliphatic hydroxyl groups excluding tert-OH is 1. The average molecular weight is 471 g/mol. The van der Waals surface area contributed by atoms with Gasteiger partial charge in [0.15, 0.2) is 0 Å². The molecule has 8 atom stereocenters. The lowest BCUT2D eigenvalue weighted by Crippen LogP contribution is -2.61. The van der Waals surface area contributed by atoms with E-state index in [0.29, 0.717) is 29.6 Å². The molecule has 4 aliphatic carbocycles. The van der Waals surface area contributed by atoms with Gasteiger partial charge in [0, 0.05) is 23.3 Å². The van der Waals surface area contributed by atoms with Gasteiger partial charge in [-0.2, -0.15) is 0 Å². The molecule has 190 valence electrons. The highest BCUT2D eigenvalue weighted by molar-refractivity contribution is 5.86. The molecule has 4 heteroatoms. The Kier molecular flexibility index (Phi) is 6.28. The maximum atomic E-state index is 12.8. The first kappa shape index (κ1) is 25.7. The standard InChI is InChI=1S/C30H46O4/c1-18(9-8-10-19(2)26(33)34)20-13-16-29(6)21-11-12-23-27(3,4)24(32)14-15-28(23,5)25(21)22(31)17-30(20,29)7/h10-11,18,20,22-23,25,31H,8-9,12-17H2,1-7H3,(H,33,34)/b19-10-/t18-,20-,22?,23?,25?,28-,29+,30-/m0/s1. The van der Waals surface area contributed by atoms with E-state index in [1.165, 1.54) is 5.57 Å². The Morgan fingerprint density at radius 2 is 1.88 bits per heavy atom. The zero-order chi connectivity index (χ0) is 25.3. The molecule has 4 nitrogen and oxygen atoms in total. The van der Waals surface area contributed by atoms with Gasteiger partial charge in [-0.1, -0.05) is 59.3 Å². The number of carboxylic acids is 1. The zero-order valence-electron chi connectivity index (χ0n) is 22.4. The van der Waals surface area contributed by atoms with E-state index in [9.17, 15) is 14.7 Å². The molecule has 3 fully saturated rings. The third-order valence-corrected chi connectivity index (χ3v) is 11.7. The lowest BCUT2D eigenvalue weighted by atomic mass is 9.40. The molecule has 0 bridgehead atoms. The second-order valence-corrected chi connectivity index (χ2v) is 13.5. The fraction of sp³-hybridized carbons (Fsp3) is 0.800. The number of allylic oxidation sites excluding steroid dienone is 2. The van der Waals surface area contributed by atoms with Gasteiger partial charge in [-0.15, -0.1) is 0 Å². The van der Waals surface area contributed by atoms with Crippen molar-refractivity contribution < 1.29 is 19.8 Å². The fourth-order valence-electron chi connectivity index (χ4n) is 9.40. The highest BCUT2D eigenvalue weighted by Gasteiger charge is 2.67. The first-order valence-corrected chi connectivity index (χ1v) is 13.5. The molecule has 4 rings (SSSR count). The van der Waals surface area contributed by atoms with Gasteiger partial charge >= 0.3 is 5.97 Å². The molecule has 0 aliphatic heterocycles. The molecule has 0 spiro atoms. The molecule has 0 radical (unpaired) electrons. The molecule has 34 heavy (non-hydrogen) atoms. The van der Waals surface area contributed by atoms with E-state index in [-0.39, 0.29) is 39.6 Å². The van der Waals surface area contributed by atoms with Crippen LogP contribution in [0.15, 0.2) is 23.3 Å². The number of hydrogen-bond donors (Lipinski definition) is 2. The van der Waals surface area contributed by atoms with E-state index in [0.717, 1.165) is 44.9 Å². The average Bonchev–Trinajstić information content (AvgIpc) is 3.02. The third-order valence-electron chi connectivity index (χ3n) is 11.7. The smallest absolute Gasteiger partial charge is 0.330 e. The Labute approximate surface area is 206 Å². The number of aliphatic hydroxyl groups is 1. The van der Waals surface area contributed by atoms with Crippen molar-refractivity contribution in [3.05, 3.63) is 23.3 Å². The van der Waals surface area contributed by atoms with Crippen LogP contribution in [0.25, 0.3) is 0 Å². The van der Waals surface area contributed by atoms with E-state index >= 15 is 0 Å². The number of carbonyl (C=O) groups excluding carboxylic acids is 1. The van der Waals surface area contributed by atoms with Crippen LogP contribution in [-0.2, 0) is 9.59 Å². The fourth-order valence-corrected chi connectivity index (χ4v) is 9.40. The van der Waals surface area contributed by atoms with Crippen molar-refractivity contribution in [2.75, 3.05) is 0 Å². The number of aliphatic carboxylic acids is 1. The van der Waals surface area contributed by atoms with Gasteiger partial charge in [-0.25, -0.2) is 4.79 Å². The Balaban J connectivity index is 1.63. The molecule has 0 aromatic rings. The van der Waals surface area contributed by atoms with Crippen LogP contribution >= 0.6 is 0 Å². The number of carboxylic acid groups (broad SMARTS) is 1. The highest BCUT2D eigenvalue weighted by Crippen LogP contribution is 2.73. The van der Waals surface area contributed by atoms with Crippen molar-refractivity contribution in [1.29, 1.82) is 0 Å². The van der Waals surface area contributed by atoms with E-state index in [2.05, 4.69) is 47.6 Å². The van der Waals surface area contributed by atoms with E-state index in [4.69, 9.17) is 5.11 Å². The first-order chi connectivity index (χ1) is 15.7. The van der Waals surface area contributed by atoms with Crippen LogP contribution in [0, 0.1) is 45.3 Å². The molecule has 0 amide bonds. The number of ketones is 1. The number of Topliss-reactive ketones (excluding diaryl/α,β-unsaturated/α-hetero) is 1. The first-order valence-electron chi connectivity index (χ1n) is 13.5. The lowest BCUT2D eigenvalue weighted by Gasteiger charge is -2.64. The van der Waals surface area contributed by atoms with Gasteiger partial charge in [0.05, 0.1) is 6.10 Å². The Morgan fingerprint density at radius 3 is 2.53 bits per heavy atom. The summed E-state index contributed by atoms with van der Waals surface area (Å²) >= 11 is 0. The van der Waals surface area contributed by atoms with Gasteiger partial charge in [-0.3, -0.25) is 4.79 Å². The summed E-state index contributed by atoms with van der Waals surface area (Å²) in [7, 11) is 0. The monoisotopic (exact) mass is 470 g/mol. The quantitative estimate of drug-likeness (QED) is 0.352. The number of fused-ring (bicyclic) bond motifs is 5. The summed E-state index contributed by atoms with van der Waals surface area (Å²) in [6, 6.07) is 0. The minimum Gasteiger partial charge on any atom is -0.478 e. The SMILES string of the molecule is C/C(=C/CC[C@H](C)[C@@H]1CC[C@]2(C)C3=CCC4C(C)(C)C(=O)CC[C@]4(C)C3C(O)C[C@@]12C)C(=O)O. The van der Waals surface area contributed by atoms with E-state index < -0.39 is 5.97 Å². The second kappa shape index (κ2) is 8.32. The van der Waals surface area contributed by atoms with Crippen LogP contribution < -0.4 is 0 Å². The summed E-state index contributed by atoms with van der Waals surface area (Å²) < 4.78 is 0. The predicted octanol–water partition coefficient (Wildman–Crippen LogP) is 6.58. The van der Waals surface area contributed by atoms with Gasteiger partial charge < -0.3 is 10.2 Å². The van der Waals surface area contributed by atoms with Crippen molar-refractivity contribution in [2.24, 2.45) is 45.3 Å². The minimum absolute atomic E-state index is 0.0307. The Hall–Kier alpha value is -1.42. The van der Waals surface area contributed by atoms with Crippen LogP contribution in [0.2, 0.25) is 0 Å². The topological polar surface area (TPSA) is 74.6 Å². The van der Waals surface area contributed by atoms with Gasteiger partial charge in [0.2, 0.25) is 0 Å². The predicted molar refractivity (Wildman–Crippen MR) is 135 cm³/mol. The van der Waals surface area contributed by atoms with E-state index in [1.54, 1.807) is 6.92 Å². The maximum Gasteiger partial charge on any atom is 0.330 e. The number of hydrogen-bond acceptors (Lipinski definition) is 3. The highest BCUT2D eigenvalue weighted by atomic mass is 16.4. The minimum atomic E-state index is -0.835. The Morgan fingerprint density at radius 1 is 1.21 bits per heavy atom. The molecule has 3 saturated carbocycles. The summed E-state index contributed by atoms with van der Waals surface area (Å²) in [4.78, 5) is 24.0. The normalized spacial score (nSPS) is 44.5. The van der Waals surface area contributed by atoms with Gasteiger partial charge in [0.1, 0.15) is 5.78 Å². The van der Waals surface area contributed by atoms with Crippen molar-refractivity contribution in [2.45, 2.75) is 106 Å². The lowest BCUT2D eigenvalue weighted by molar-refractivity contribution is -0.156. The molecule has 4 aliphatic rings. The van der Waals surface area contributed by atoms with Gasteiger partial charge in [-0.05, 0) is 85.9 Å². The molecule has 0 heterocycles. The van der Waals surface area contributed by atoms with Crippen molar-refractivity contribution in [3.63, 3.8) is 0 Å². The maximum absolute atomic E-state index is 12.8. The molecule has 2 N–H and O–H groups in total. The van der Waals surface area contributed by atoms with Crippen LogP contribution in [0.3, 0.4) is 0 Å². The second-order valence-electron chi connectivity index (χ2n) is 13.5. The van der Waals surface area contributed by atoms with Gasteiger partial charge in [0.25, 0.3) is 0 Å². The molecular weight excluding hydrogens is 424 g/mol. The number of rotatable bonds is 5. The van der Waals surface area contributed by atoms with Crippen molar-refractivity contribution in [1.82, 2.24) is 0 Å². The zero-order valence-corrected chi connectivity index (χ0v) is 22.4. The van der Waals surface area contributed by atoms with Crippen molar-refractivity contribution in [3.8, 4) is 0 Å². The van der Waals surface area contributed by atoms with Crippen LogP contribution in [0.4, 0.5) is 0 Å². The van der Waals surface area contributed by atoms with Crippen molar-refractivity contribution >= 4 is 11.8 Å². The molecular formula is C30H46O4. The summed E-state index contributed by atoms with van der Waals surface area (Å²) in [5.41, 5.74) is 1.65. The van der Waals surface area contributed by atoms with E-state index in [1.807, 2.05) is 6.08 Å². The number of carbonyl (C=O) groups is 2. The molecule has 0 aromatic carbocycles. The molecule has 3 unspecified atom stereocenters. The third kappa shape index (κ3) is 3.49. The molecule has 0 aromatic heterocycles. The largest absolute Gasteiger partial charge is 0.478 e. The molecule has 0 saturated heterocycles.